The molecule has 6 nitrogen and oxygen atoms in total. The zero-order chi connectivity index (χ0) is 20.4. The molecule has 0 amide bonds. The van der Waals surface area contributed by atoms with Crippen LogP contribution in [0, 0.1) is 13.8 Å². The first kappa shape index (κ1) is 20.6. The van der Waals surface area contributed by atoms with E-state index in [0.29, 0.717) is 21.6 Å². The largest absolute Gasteiger partial charge is 0.465 e. The van der Waals surface area contributed by atoms with Crippen LogP contribution in [0.5, 0.6) is 0 Å². The number of esters is 1. The van der Waals surface area contributed by atoms with Crippen LogP contribution in [-0.4, -0.2) is 28.0 Å². The Hall–Kier alpha value is -2.16. The number of fused-ring (bicyclic) bond motifs is 1. The number of rotatable bonds is 5. The van der Waals surface area contributed by atoms with Gasteiger partial charge in [0.15, 0.2) is 5.11 Å². The number of carbonyl (C=O) groups excluding carboxylic acids is 1. The number of ether oxygens (including phenoxy) is 1. The lowest BCUT2D eigenvalue weighted by atomic mass is 10.2. The Labute approximate surface area is 177 Å². The summed E-state index contributed by atoms with van der Waals surface area (Å²) in [6.45, 7) is 7.57. The van der Waals surface area contributed by atoms with Gasteiger partial charge in [0, 0.05) is 40.1 Å². The van der Waals surface area contributed by atoms with E-state index < -0.39 is 5.97 Å². The average molecular weight is 437 g/mol. The minimum atomic E-state index is -0.434. The Morgan fingerprint density at radius 3 is 2.79 bits per heavy atom. The molecule has 9 heteroatoms. The zero-order valence-corrected chi connectivity index (χ0v) is 18.4. The number of carbonyl (C=O) groups is 1. The fraction of sp³-hybridized carbons (Fsp3) is 0.316. The van der Waals surface area contributed by atoms with Crippen molar-refractivity contribution in [3.05, 3.63) is 45.1 Å². The fourth-order valence-corrected chi connectivity index (χ4v) is 4.66. The molecule has 2 aromatic heterocycles. The summed E-state index contributed by atoms with van der Waals surface area (Å²) in [5, 5.41) is 12.7. The Kier molecular flexibility index (Phi) is 6.22. The van der Waals surface area contributed by atoms with Crippen LogP contribution in [0.3, 0.4) is 0 Å². The van der Waals surface area contributed by atoms with E-state index in [1.54, 1.807) is 0 Å². The normalized spacial score (nSPS) is 10.9. The summed E-state index contributed by atoms with van der Waals surface area (Å²) >= 11 is 13.0. The van der Waals surface area contributed by atoms with E-state index in [-0.39, 0.29) is 0 Å². The summed E-state index contributed by atoms with van der Waals surface area (Å²) in [6.07, 6.45) is 0. The Morgan fingerprint density at radius 1 is 1.39 bits per heavy atom. The van der Waals surface area contributed by atoms with Crippen LogP contribution in [0.2, 0.25) is 5.02 Å². The van der Waals surface area contributed by atoms with Crippen molar-refractivity contribution in [3.8, 4) is 0 Å². The number of anilines is 1. The van der Waals surface area contributed by atoms with Crippen LogP contribution in [-0.2, 0) is 17.8 Å². The average Bonchev–Trinajstić information content (AvgIpc) is 3.15. The Bertz CT molecular complexity index is 1060. The molecule has 0 unspecified atom stereocenters. The molecule has 0 aliphatic heterocycles. The summed E-state index contributed by atoms with van der Waals surface area (Å²) in [4.78, 5) is 12.2. The number of thiophene rings is 1. The molecule has 2 heterocycles. The topological polar surface area (TPSA) is 68.2 Å². The molecule has 2 N–H and O–H groups in total. The third-order valence-electron chi connectivity index (χ3n) is 4.51. The fourth-order valence-electron chi connectivity index (χ4n) is 3.01. The van der Waals surface area contributed by atoms with Crippen molar-refractivity contribution in [2.45, 2.75) is 33.9 Å². The van der Waals surface area contributed by atoms with E-state index in [1.165, 1.54) is 18.4 Å². The first-order valence-corrected chi connectivity index (χ1v) is 10.3. The zero-order valence-electron chi connectivity index (χ0n) is 16.1. The molecular weight excluding hydrogens is 416 g/mol. The number of halogens is 1. The lowest BCUT2D eigenvalue weighted by molar-refractivity contribution is 0.0606. The molecule has 0 saturated carbocycles. The van der Waals surface area contributed by atoms with Crippen molar-refractivity contribution in [1.29, 1.82) is 0 Å². The molecule has 1 aromatic carbocycles. The molecule has 0 atom stereocenters. The smallest absolute Gasteiger partial charge is 0.349 e. The first-order chi connectivity index (χ1) is 13.3. The van der Waals surface area contributed by atoms with Gasteiger partial charge in [-0.05, 0) is 51.2 Å². The number of methoxy groups -OCH3 is 1. The number of hydrogen-bond acceptors (Lipinski definition) is 5. The van der Waals surface area contributed by atoms with Crippen LogP contribution in [0.25, 0.3) is 10.1 Å². The predicted octanol–water partition coefficient (Wildman–Crippen LogP) is 4.66. The van der Waals surface area contributed by atoms with Crippen LogP contribution in [0.15, 0.2) is 18.2 Å². The first-order valence-electron chi connectivity index (χ1n) is 8.73. The summed E-state index contributed by atoms with van der Waals surface area (Å²) in [5.74, 6) is -0.434. The maximum absolute atomic E-state index is 11.8. The quantitative estimate of drug-likeness (QED) is 0.447. The molecule has 148 valence electrons. The molecule has 0 spiro atoms. The number of benzene rings is 1. The highest BCUT2D eigenvalue weighted by Gasteiger charge is 2.18. The second kappa shape index (κ2) is 8.46. The highest BCUT2D eigenvalue weighted by molar-refractivity contribution is 7.80. The lowest BCUT2D eigenvalue weighted by Gasteiger charge is -2.11. The van der Waals surface area contributed by atoms with Gasteiger partial charge in [-0.3, -0.25) is 4.68 Å². The van der Waals surface area contributed by atoms with E-state index in [0.717, 1.165) is 39.3 Å². The van der Waals surface area contributed by atoms with Crippen LogP contribution >= 0.6 is 35.2 Å². The van der Waals surface area contributed by atoms with E-state index in [1.807, 2.05) is 29.8 Å². The molecule has 0 aliphatic rings. The number of aryl methyl sites for hydroxylation is 2. The van der Waals surface area contributed by atoms with Gasteiger partial charge in [-0.15, -0.1) is 11.3 Å². The Morgan fingerprint density at radius 2 is 2.14 bits per heavy atom. The molecule has 3 rings (SSSR count). The van der Waals surface area contributed by atoms with E-state index in [4.69, 9.17) is 28.6 Å². The summed E-state index contributed by atoms with van der Waals surface area (Å²) in [5.41, 5.74) is 4.10. The standard InChI is InChI=1S/C19H21ClN4O2S2/c1-5-24-11(3)14(10(2)23-24)9-21-19(27)22-12-6-7-13-15(8-12)28-17(16(13)20)18(25)26-4/h6-8H,5,9H2,1-4H3,(H2,21,22,27). The van der Waals surface area contributed by atoms with Gasteiger partial charge in [0.05, 0.1) is 17.8 Å². The number of aromatic nitrogens is 2. The summed E-state index contributed by atoms with van der Waals surface area (Å²) in [7, 11) is 1.34. The minimum absolute atomic E-state index is 0.399. The van der Waals surface area contributed by atoms with Gasteiger partial charge in [0.25, 0.3) is 0 Å². The highest BCUT2D eigenvalue weighted by atomic mass is 35.5. The molecule has 0 aliphatic carbocycles. The number of nitrogens with one attached hydrogen (secondary N) is 2. The van der Waals surface area contributed by atoms with Gasteiger partial charge in [-0.1, -0.05) is 11.6 Å². The molecular formula is C19H21ClN4O2S2. The van der Waals surface area contributed by atoms with Crippen molar-refractivity contribution in [3.63, 3.8) is 0 Å². The maximum Gasteiger partial charge on any atom is 0.349 e. The van der Waals surface area contributed by atoms with Crippen LogP contribution < -0.4 is 10.6 Å². The SMILES string of the molecule is CCn1nc(C)c(CNC(=S)Nc2ccc3c(Cl)c(C(=O)OC)sc3c2)c1C. The summed E-state index contributed by atoms with van der Waals surface area (Å²) in [6, 6.07) is 5.66. The molecule has 28 heavy (non-hydrogen) atoms. The van der Waals surface area contributed by atoms with E-state index in [2.05, 4.69) is 29.6 Å². The monoisotopic (exact) mass is 436 g/mol. The van der Waals surface area contributed by atoms with Crippen LogP contribution in [0.4, 0.5) is 5.69 Å². The predicted molar refractivity (Wildman–Crippen MR) is 119 cm³/mol. The van der Waals surface area contributed by atoms with Crippen molar-refractivity contribution in [1.82, 2.24) is 15.1 Å². The molecule has 0 radical (unpaired) electrons. The molecule has 3 aromatic rings. The van der Waals surface area contributed by atoms with E-state index >= 15 is 0 Å². The summed E-state index contributed by atoms with van der Waals surface area (Å²) < 4.78 is 7.64. The molecule has 0 fully saturated rings. The maximum atomic E-state index is 11.8. The third kappa shape index (κ3) is 3.99. The van der Waals surface area contributed by atoms with Gasteiger partial charge in [0.2, 0.25) is 0 Å². The van der Waals surface area contributed by atoms with Crippen molar-refractivity contribution >= 4 is 62.0 Å². The van der Waals surface area contributed by atoms with Crippen LogP contribution in [0.1, 0.15) is 33.5 Å². The lowest BCUT2D eigenvalue weighted by Crippen LogP contribution is -2.28. The second-order valence-electron chi connectivity index (χ2n) is 6.22. The van der Waals surface area contributed by atoms with Gasteiger partial charge < -0.3 is 15.4 Å². The highest BCUT2D eigenvalue weighted by Crippen LogP contribution is 2.37. The van der Waals surface area contributed by atoms with Gasteiger partial charge in [-0.25, -0.2) is 4.79 Å². The molecule has 0 saturated heterocycles. The number of hydrogen-bond donors (Lipinski definition) is 2. The third-order valence-corrected chi connectivity index (χ3v) is 6.40. The number of nitrogens with zero attached hydrogens (tertiary/aromatic N) is 2. The second-order valence-corrected chi connectivity index (χ2v) is 8.06. The molecule has 0 bridgehead atoms. The van der Waals surface area contributed by atoms with Crippen molar-refractivity contribution < 1.29 is 9.53 Å². The van der Waals surface area contributed by atoms with E-state index in [9.17, 15) is 4.79 Å². The minimum Gasteiger partial charge on any atom is -0.465 e. The van der Waals surface area contributed by atoms with Gasteiger partial charge in [0.1, 0.15) is 4.88 Å². The number of thiocarbonyl (C=S) groups is 1. The van der Waals surface area contributed by atoms with Gasteiger partial charge in [-0.2, -0.15) is 5.10 Å². The Balaban J connectivity index is 1.71. The van der Waals surface area contributed by atoms with Gasteiger partial charge >= 0.3 is 5.97 Å². The van der Waals surface area contributed by atoms with Crippen molar-refractivity contribution in [2.75, 3.05) is 12.4 Å². The van der Waals surface area contributed by atoms with Crippen molar-refractivity contribution in [2.24, 2.45) is 0 Å².